The summed E-state index contributed by atoms with van der Waals surface area (Å²) in [6.45, 7) is 0. The Morgan fingerprint density at radius 1 is 1.16 bits per heavy atom. The smallest absolute Gasteiger partial charge is 0.320 e. The Bertz CT molecular complexity index is 1230. The molecule has 0 unspecified atom stereocenters. The molecule has 3 aromatic rings. The molecule has 1 saturated carbocycles. The minimum Gasteiger partial charge on any atom is -0.487 e. The van der Waals surface area contributed by atoms with Gasteiger partial charge in [-0.15, -0.1) is 0 Å². The largest absolute Gasteiger partial charge is 0.487 e. The molecule has 32 heavy (non-hydrogen) atoms. The molecule has 3 amide bonds. The number of nitrogens with zero attached hydrogens (tertiary/aromatic N) is 3. The van der Waals surface area contributed by atoms with E-state index < -0.39 is 0 Å². The van der Waals surface area contributed by atoms with E-state index in [1.807, 2.05) is 18.2 Å². The van der Waals surface area contributed by atoms with Gasteiger partial charge in [0.2, 0.25) is 5.91 Å². The van der Waals surface area contributed by atoms with Crippen molar-refractivity contribution in [2.45, 2.75) is 30.9 Å². The summed E-state index contributed by atoms with van der Waals surface area (Å²) in [6, 6.07) is 8.62. The van der Waals surface area contributed by atoms with Crippen molar-refractivity contribution in [3.05, 3.63) is 60.2 Å². The number of urea groups is 1. The summed E-state index contributed by atoms with van der Waals surface area (Å²) in [5.41, 5.74) is 1.88. The van der Waals surface area contributed by atoms with Crippen molar-refractivity contribution in [1.82, 2.24) is 20.3 Å². The lowest BCUT2D eigenvalue weighted by molar-refractivity contribution is -0.116. The maximum atomic E-state index is 12.3. The van der Waals surface area contributed by atoms with Crippen molar-refractivity contribution >= 4 is 23.6 Å². The van der Waals surface area contributed by atoms with Gasteiger partial charge in [0.1, 0.15) is 41.3 Å². The van der Waals surface area contributed by atoms with Crippen LogP contribution in [0, 0.1) is 0 Å². The van der Waals surface area contributed by atoms with Gasteiger partial charge in [0.05, 0.1) is 12.0 Å². The van der Waals surface area contributed by atoms with E-state index >= 15 is 0 Å². The van der Waals surface area contributed by atoms with Gasteiger partial charge in [0.25, 0.3) is 0 Å². The van der Waals surface area contributed by atoms with E-state index in [-0.39, 0.29) is 30.0 Å². The van der Waals surface area contributed by atoms with Crippen LogP contribution in [0.5, 0.6) is 17.2 Å². The van der Waals surface area contributed by atoms with Crippen molar-refractivity contribution in [2.24, 2.45) is 0 Å². The van der Waals surface area contributed by atoms with Gasteiger partial charge in [-0.3, -0.25) is 10.1 Å². The minimum absolute atomic E-state index is 0.0427. The zero-order valence-electron chi connectivity index (χ0n) is 16.7. The summed E-state index contributed by atoms with van der Waals surface area (Å²) in [6.07, 6.45) is 5.43. The Labute approximate surface area is 182 Å². The van der Waals surface area contributed by atoms with E-state index in [1.54, 1.807) is 24.5 Å². The van der Waals surface area contributed by atoms with E-state index in [1.165, 1.54) is 6.33 Å². The first-order chi connectivity index (χ1) is 15.7. The molecule has 0 saturated heterocycles. The molecule has 6 rings (SSSR count). The summed E-state index contributed by atoms with van der Waals surface area (Å²) in [4.78, 5) is 35.9. The van der Waals surface area contributed by atoms with E-state index in [4.69, 9.17) is 9.47 Å². The van der Waals surface area contributed by atoms with E-state index in [0.717, 1.165) is 16.9 Å². The highest BCUT2D eigenvalue weighted by atomic mass is 16.5. The lowest BCUT2D eigenvalue weighted by Gasteiger charge is -2.19. The number of anilines is 2. The molecular weight excluding hydrogens is 412 g/mol. The number of carbonyl (C=O) groups excluding carboxylic acids is 2. The first kappa shape index (κ1) is 18.6. The van der Waals surface area contributed by atoms with Crippen molar-refractivity contribution in [1.29, 1.82) is 0 Å². The molecule has 2 aliphatic heterocycles. The molecule has 10 heteroatoms. The van der Waals surface area contributed by atoms with Gasteiger partial charge >= 0.3 is 6.03 Å². The standard InChI is InChI=1S/C22H18N6O4/c29-17-4-2-12-15(5-8-24-21(12)27-17)31-11-1-3-14-13(9-11)18-19(20(18)32-14)28-22(30)26-16-6-7-23-10-25-16/h1,3,5-10,18-20H,2,4H2,(H,24,27,29)(H2,23,25,26,28,30)/t18-,19+,20-/m0/s1. The molecule has 160 valence electrons. The third kappa shape index (κ3) is 3.25. The number of benzene rings is 1. The van der Waals surface area contributed by atoms with Crippen molar-refractivity contribution < 1.29 is 19.1 Å². The number of rotatable bonds is 4. The van der Waals surface area contributed by atoms with Gasteiger partial charge in [-0.1, -0.05) is 0 Å². The Hall–Kier alpha value is -4.21. The monoisotopic (exact) mass is 430 g/mol. The highest BCUT2D eigenvalue weighted by molar-refractivity contribution is 5.93. The average Bonchev–Trinajstić information content (AvgIpc) is 3.30. The van der Waals surface area contributed by atoms with E-state index in [0.29, 0.717) is 36.0 Å². The quantitative estimate of drug-likeness (QED) is 0.580. The zero-order chi connectivity index (χ0) is 21.7. The van der Waals surface area contributed by atoms with E-state index in [9.17, 15) is 9.59 Å². The van der Waals surface area contributed by atoms with Gasteiger partial charge in [-0.2, -0.15) is 0 Å². The SMILES string of the molecule is O=C1CCc2c(Oc3ccc4c(c3)[C@H]3[C@@H](NC(=O)Nc5ccncn5)[C@H]3O4)ccnc2N1. The summed E-state index contributed by atoms with van der Waals surface area (Å²) in [5.74, 6) is 3.12. The van der Waals surface area contributed by atoms with Crippen molar-refractivity contribution in [3.8, 4) is 17.2 Å². The fraction of sp³-hybridized carbons (Fsp3) is 0.227. The summed E-state index contributed by atoms with van der Waals surface area (Å²) in [7, 11) is 0. The molecule has 10 nitrogen and oxygen atoms in total. The molecule has 1 fully saturated rings. The number of nitrogens with one attached hydrogen (secondary N) is 3. The van der Waals surface area contributed by atoms with Crippen LogP contribution in [0.15, 0.2) is 49.1 Å². The second-order valence-corrected chi connectivity index (χ2v) is 7.81. The molecule has 0 radical (unpaired) electrons. The number of fused-ring (bicyclic) bond motifs is 4. The fourth-order valence-electron chi connectivity index (χ4n) is 4.22. The third-order valence-corrected chi connectivity index (χ3v) is 5.78. The highest BCUT2D eigenvalue weighted by Crippen LogP contribution is 2.54. The second-order valence-electron chi connectivity index (χ2n) is 7.81. The highest BCUT2D eigenvalue weighted by Gasteiger charge is 2.59. The van der Waals surface area contributed by atoms with Gasteiger partial charge in [0.15, 0.2) is 0 Å². The average molecular weight is 430 g/mol. The number of ether oxygens (including phenoxy) is 2. The molecule has 3 aliphatic rings. The Balaban J connectivity index is 1.16. The molecule has 1 aliphatic carbocycles. The van der Waals surface area contributed by atoms with Gasteiger partial charge in [0, 0.05) is 29.9 Å². The molecule has 1 aromatic carbocycles. The molecule has 0 bridgehead atoms. The summed E-state index contributed by atoms with van der Waals surface area (Å²) in [5, 5.41) is 8.40. The number of amides is 3. The van der Waals surface area contributed by atoms with Gasteiger partial charge in [-0.25, -0.2) is 19.7 Å². The molecular formula is C22H18N6O4. The predicted octanol–water partition coefficient (Wildman–Crippen LogP) is 2.60. The van der Waals surface area contributed by atoms with Crippen molar-refractivity contribution in [2.75, 3.05) is 10.6 Å². The molecule has 3 atom stereocenters. The first-order valence-corrected chi connectivity index (χ1v) is 10.3. The van der Waals surface area contributed by atoms with Crippen LogP contribution in [-0.2, 0) is 11.2 Å². The lowest BCUT2D eigenvalue weighted by atomic mass is 10.1. The molecule has 0 spiro atoms. The number of hydrogen-bond donors (Lipinski definition) is 3. The van der Waals surface area contributed by atoms with Crippen LogP contribution in [0.4, 0.5) is 16.4 Å². The van der Waals surface area contributed by atoms with Crippen LogP contribution in [0.2, 0.25) is 0 Å². The summed E-state index contributed by atoms with van der Waals surface area (Å²) >= 11 is 0. The maximum Gasteiger partial charge on any atom is 0.320 e. The van der Waals surface area contributed by atoms with Gasteiger partial charge < -0.3 is 20.1 Å². The minimum atomic E-state index is -0.342. The third-order valence-electron chi connectivity index (χ3n) is 5.78. The molecule has 4 heterocycles. The fourth-order valence-corrected chi connectivity index (χ4v) is 4.22. The first-order valence-electron chi connectivity index (χ1n) is 10.3. The van der Waals surface area contributed by atoms with Crippen LogP contribution in [0.25, 0.3) is 0 Å². The topological polar surface area (TPSA) is 127 Å². The van der Waals surface area contributed by atoms with Gasteiger partial charge in [-0.05, 0) is 36.8 Å². The van der Waals surface area contributed by atoms with Crippen LogP contribution in [0.3, 0.4) is 0 Å². The van der Waals surface area contributed by atoms with Crippen LogP contribution in [-0.4, -0.2) is 39.0 Å². The number of pyridine rings is 1. The maximum absolute atomic E-state index is 12.3. The lowest BCUT2D eigenvalue weighted by Crippen LogP contribution is -2.34. The second kappa shape index (κ2) is 7.19. The van der Waals surface area contributed by atoms with E-state index in [2.05, 4.69) is 30.9 Å². The number of hydrogen-bond acceptors (Lipinski definition) is 7. The predicted molar refractivity (Wildman–Crippen MR) is 113 cm³/mol. The number of aromatic nitrogens is 3. The van der Waals surface area contributed by atoms with Crippen LogP contribution < -0.4 is 25.4 Å². The Morgan fingerprint density at radius 2 is 2.09 bits per heavy atom. The normalized spacial score (nSPS) is 21.9. The Kier molecular flexibility index (Phi) is 4.17. The summed E-state index contributed by atoms with van der Waals surface area (Å²) < 4.78 is 12.1. The molecule has 2 aromatic heterocycles. The van der Waals surface area contributed by atoms with Crippen LogP contribution in [0.1, 0.15) is 23.5 Å². The molecule has 3 N–H and O–H groups in total. The van der Waals surface area contributed by atoms with Crippen molar-refractivity contribution in [3.63, 3.8) is 0 Å². The number of carbonyl (C=O) groups is 2. The zero-order valence-corrected chi connectivity index (χ0v) is 16.7. The van der Waals surface area contributed by atoms with Crippen LogP contribution >= 0.6 is 0 Å². The Morgan fingerprint density at radius 3 is 2.97 bits per heavy atom.